The van der Waals surface area contributed by atoms with Gasteiger partial charge in [-0.25, -0.2) is 4.79 Å². The molecule has 0 aliphatic heterocycles. The average Bonchev–Trinajstić information content (AvgIpc) is 2.06. The summed E-state index contributed by atoms with van der Waals surface area (Å²) in [5.74, 6) is 0. The molecule has 1 atom stereocenters. The van der Waals surface area contributed by atoms with Crippen LogP contribution in [-0.2, 0) is 4.74 Å². The van der Waals surface area contributed by atoms with E-state index in [-0.39, 0.29) is 17.6 Å². The van der Waals surface area contributed by atoms with Gasteiger partial charge in [0.25, 0.3) is 0 Å². The molecule has 13 heavy (non-hydrogen) atoms. The molecule has 0 aliphatic rings. The van der Waals surface area contributed by atoms with Crippen LogP contribution in [0.2, 0.25) is 0 Å². The number of rotatable bonds is 1. The zero-order valence-electron chi connectivity index (χ0n) is 9.89. The van der Waals surface area contributed by atoms with Gasteiger partial charge >= 0.3 is 6.09 Å². The van der Waals surface area contributed by atoms with Crippen LogP contribution < -0.4 is 5.32 Å². The molecule has 0 saturated carbocycles. The molecule has 0 aliphatic carbocycles. The van der Waals surface area contributed by atoms with E-state index in [0.29, 0.717) is 0 Å². The van der Waals surface area contributed by atoms with E-state index in [0.717, 1.165) is 0 Å². The van der Waals surface area contributed by atoms with Gasteiger partial charge in [0.2, 0.25) is 0 Å². The smallest absolute Gasteiger partial charge is 0.407 e. The van der Waals surface area contributed by atoms with E-state index in [1.54, 1.807) is 0 Å². The van der Waals surface area contributed by atoms with E-state index in [4.69, 9.17) is 0 Å². The van der Waals surface area contributed by atoms with Gasteiger partial charge in [0.15, 0.2) is 0 Å². The molecule has 0 rings (SSSR count). The number of methoxy groups -OCH3 is 1. The van der Waals surface area contributed by atoms with Crippen LogP contribution in [0.1, 0.15) is 41.5 Å². The molecule has 0 saturated heterocycles. The fraction of sp³-hybridized carbons (Fsp3) is 0.900. The normalized spacial score (nSPS) is 12.2. The molecular formula is C10H23NO2. The van der Waals surface area contributed by atoms with Gasteiger partial charge in [0.05, 0.1) is 7.11 Å². The van der Waals surface area contributed by atoms with Crippen LogP contribution in [0.3, 0.4) is 0 Å². The second-order valence-corrected chi connectivity index (χ2v) is 3.72. The van der Waals surface area contributed by atoms with Crippen molar-refractivity contribution < 1.29 is 9.53 Å². The Balaban J connectivity index is 0. The number of carbonyl (C=O) groups excluding carboxylic acids is 1. The molecule has 3 nitrogen and oxygen atoms in total. The molecule has 0 bridgehead atoms. The molecule has 0 heterocycles. The highest BCUT2D eigenvalue weighted by atomic mass is 16.5. The number of hydrogen-bond acceptors (Lipinski definition) is 2. The highest BCUT2D eigenvalue weighted by Gasteiger charge is 2.21. The molecule has 0 spiro atoms. The van der Waals surface area contributed by atoms with Crippen LogP contribution in [0.15, 0.2) is 0 Å². The summed E-state index contributed by atoms with van der Waals surface area (Å²) >= 11 is 0. The standard InChI is InChI=1S/C8H17NO2.C2H6/c1-6(8(2,3)4)9-7(10)11-5;1-2/h6H,1-5H3,(H,9,10);1-2H3. The van der Waals surface area contributed by atoms with Crippen molar-refractivity contribution >= 4 is 6.09 Å². The number of hydrogen-bond donors (Lipinski definition) is 1. The van der Waals surface area contributed by atoms with Crippen LogP contribution in [0.5, 0.6) is 0 Å². The van der Waals surface area contributed by atoms with Crippen molar-refractivity contribution in [2.24, 2.45) is 5.41 Å². The number of carbonyl (C=O) groups is 1. The van der Waals surface area contributed by atoms with E-state index < -0.39 is 0 Å². The second kappa shape index (κ2) is 6.75. The largest absolute Gasteiger partial charge is 0.453 e. The van der Waals surface area contributed by atoms with Crippen LogP contribution in [0, 0.1) is 5.41 Å². The Morgan fingerprint density at radius 1 is 1.31 bits per heavy atom. The Morgan fingerprint density at radius 2 is 1.69 bits per heavy atom. The third-order valence-corrected chi connectivity index (χ3v) is 1.82. The first-order valence-corrected chi connectivity index (χ1v) is 4.72. The van der Waals surface area contributed by atoms with E-state index in [2.05, 4.69) is 30.8 Å². The maximum Gasteiger partial charge on any atom is 0.407 e. The number of amides is 1. The molecular weight excluding hydrogens is 166 g/mol. The first kappa shape index (κ1) is 14.8. The minimum Gasteiger partial charge on any atom is -0.453 e. The van der Waals surface area contributed by atoms with Crippen molar-refractivity contribution in [3.05, 3.63) is 0 Å². The Morgan fingerprint density at radius 3 is 1.92 bits per heavy atom. The molecule has 0 fully saturated rings. The van der Waals surface area contributed by atoms with Crippen LogP contribution in [0.25, 0.3) is 0 Å². The summed E-state index contributed by atoms with van der Waals surface area (Å²) in [5, 5.41) is 2.71. The third-order valence-electron chi connectivity index (χ3n) is 1.82. The summed E-state index contributed by atoms with van der Waals surface area (Å²) in [5.41, 5.74) is 0.0776. The predicted octanol–water partition coefficient (Wildman–Crippen LogP) is 2.80. The number of ether oxygens (including phenoxy) is 1. The van der Waals surface area contributed by atoms with Crippen LogP contribution in [0.4, 0.5) is 4.79 Å². The van der Waals surface area contributed by atoms with Crippen molar-refractivity contribution in [2.45, 2.75) is 47.6 Å². The van der Waals surface area contributed by atoms with Crippen molar-refractivity contribution in [3.8, 4) is 0 Å². The Hall–Kier alpha value is -0.730. The lowest BCUT2D eigenvalue weighted by Gasteiger charge is -2.27. The Labute approximate surface area is 81.9 Å². The van der Waals surface area contributed by atoms with Crippen molar-refractivity contribution in [1.29, 1.82) is 0 Å². The van der Waals surface area contributed by atoms with Crippen LogP contribution >= 0.6 is 0 Å². The summed E-state index contributed by atoms with van der Waals surface area (Å²) in [4.78, 5) is 10.7. The summed E-state index contributed by atoms with van der Waals surface area (Å²) in [6.45, 7) is 12.1. The average molecular weight is 189 g/mol. The molecule has 0 radical (unpaired) electrons. The maximum atomic E-state index is 10.7. The van der Waals surface area contributed by atoms with Crippen LogP contribution in [-0.4, -0.2) is 19.2 Å². The highest BCUT2D eigenvalue weighted by molar-refractivity contribution is 5.67. The van der Waals surface area contributed by atoms with E-state index >= 15 is 0 Å². The van der Waals surface area contributed by atoms with Gasteiger partial charge in [0, 0.05) is 6.04 Å². The monoisotopic (exact) mass is 189 g/mol. The molecule has 1 N–H and O–H groups in total. The molecule has 0 aromatic rings. The van der Waals surface area contributed by atoms with Gasteiger partial charge in [0.1, 0.15) is 0 Å². The zero-order valence-corrected chi connectivity index (χ0v) is 9.89. The van der Waals surface area contributed by atoms with Crippen molar-refractivity contribution in [1.82, 2.24) is 5.32 Å². The minimum atomic E-state index is -0.368. The van der Waals surface area contributed by atoms with E-state index in [1.165, 1.54) is 7.11 Å². The van der Waals surface area contributed by atoms with E-state index in [1.807, 2.05) is 20.8 Å². The SMILES string of the molecule is CC.COC(=O)NC(C)C(C)(C)C. The fourth-order valence-corrected chi connectivity index (χ4v) is 0.452. The summed E-state index contributed by atoms with van der Waals surface area (Å²) in [7, 11) is 1.37. The fourth-order valence-electron chi connectivity index (χ4n) is 0.452. The molecule has 0 aromatic heterocycles. The Kier molecular flexibility index (Phi) is 7.67. The van der Waals surface area contributed by atoms with Gasteiger partial charge in [-0.15, -0.1) is 0 Å². The second-order valence-electron chi connectivity index (χ2n) is 3.72. The van der Waals surface area contributed by atoms with E-state index in [9.17, 15) is 4.79 Å². The molecule has 0 aromatic carbocycles. The number of alkyl carbamates (subject to hydrolysis) is 1. The Bertz CT molecular complexity index is 138. The van der Waals surface area contributed by atoms with Gasteiger partial charge in [-0.1, -0.05) is 34.6 Å². The first-order chi connectivity index (χ1) is 5.88. The molecule has 1 amide bonds. The minimum absolute atomic E-state index is 0.0776. The maximum absolute atomic E-state index is 10.7. The molecule has 80 valence electrons. The number of nitrogens with one attached hydrogen (secondary N) is 1. The third kappa shape index (κ3) is 7.62. The zero-order chi connectivity index (χ0) is 11.1. The van der Waals surface area contributed by atoms with Crippen molar-refractivity contribution in [3.63, 3.8) is 0 Å². The van der Waals surface area contributed by atoms with Crippen molar-refractivity contribution in [2.75, 3.05) is 7.11 Å². The molecule has 1 unspecified atom stereocenters. The lowest BCUT2D eigenvalue weighted by molar-refractivity contribution is 0.156. The predicted molar refractivity (Wildman–Crippen MR) is 55.8 cm³/mol. The van der Waals surface area contributed by atoms with Gasteiger partial charge in [-0.05, 0) is 12.3 Å². The lowest BCUT2D eigenvalue weighted by atomic mass is 9.88. The topological polar surface area (TPSA) is 38.3 Å². The van der Waals surface area contributed by atoms with Gasteiger partial charge in [-0.2, -0.15) is 0 Å². The summed E-state index contributed by atoms with van der Waals surface area (Å²) in [6, 6.07) is 0.120. The summed E-state index contributed by atoms with van der Waals surface area (Å²) < 4.78 is 4.47. The van der Waals surface area contributed by atoms with Gasteiger partial charge in [-0.3, -0.25) is 0 Å². The quantitative estimate of drug-likeness (QED) is 0.688. The first-order valence-electron chi connectivity index (χ1n) is 4.72. The lowest BCUT2D eigenvalue weighted by Crippen LogP contribution is -2.41. The highest BCUT2D eigenvalue weighted by Crippen LogP contribution is 2.18. The molecule has 3 heteroatoms. The summed E-state index contributed by atoms with van der Waals surface area (Å²) in [6.07, 6.45) is -0.368. The van der Waals surface area contributed by atoms with Gasteiger partial charge < -0.3 is 10.1 Å².